The van der Waals surface area contributed by atoms with Crippen LogP contribution in [-0.4, -0.2) is 25.0 Å². The van der Waals surface area contributed by atoms with E-state index >= 15 is 0 Å². The van der Waals surface area contributed by atoms with E-state index in [0.717, 1.165) is 49.7 Å². The highest BCUT2D eigenvalue weighted by atomic mass is 16.5. The summed E-state index contributed by atoms with van der Waals surface area (Å²) >= 11 is 0. The second-order valence-corrected chi connectivity index (χ2v) is 14.7. The van der Waals surface area contributed by atoms with Crippen LogP contribution >= 0.6 is 0 Å². The van der Waals surface area contributed by atoms with E-state index in [-0.39, 0.29) is 11.8 Å². The van der Waals surface area contributed by atoms with Gasteiger partial charge in [0.1, 0.15) is 11.5 Å². The van der Waals surface area contributed by atoms with Gasteiger partial charge in [0.15, 0.2) is 0 Å². The van der Waals surface area contributed by atoms with Gasteiger partial charge < -0.3 is 20.1 Å². The van der Waals surface area contributed by atoms with Crippen molar-refractivity contribution in [2.75, 3.05) is 23.8 Å². The van der Waals surface area contributed by atoms with Crippen molar-refractivity contribution in [2.45, 2.75) is 70.6 Å². The lowest BCUT2D eigenvalue weighted by atomic mass is 9.67. The van der Waals surface area contributed by atoms with Gasteiger partial charge in [-0.15, -0.1) is 0 Å². The lowest BCUT2D eigenvalue weighted by Gasteiger charge is -2.34. The van der Waals surface area contributed by atoms with Crippen molar-refractivity contribution in [2.24, 2.45) is 0 Å². The maximum atomic E-state index is 13.6. The topological polar surface area (TPSA) is 76.7 Å². The molecule has 0 saturated heterocycles. The molecule has 57 heavy (non-hydrogen) atoms. The third kappa shape index (κ3) is 8.51. The molecule has 290 valence electrons. The summed E-state index contributed by atoms with van der Waals surface area (Å²) in [6.07, 6.45) is 8.81. The Bertz CT molecular complexity index is 2120. The van der Waals surface area contributed by atoms with Crippen LogP contribution in [0, 0.1) is 0 Å². The Labute approximate surface area is 337 Å². The molecule has 0 fully saturated rings. The van der Waals surface area contributed by atoms with Crippen molar-refractivity contribution in [1.29, 1.82) is 0 Å². The SMILES string of the molecule is CCCCCCOc1ccccc1C(=O)Nc1ccc(C2(c3ccc(NC(=O)c4ccccc4OCCCCCC)cc3)c3ccccc3-c3ccccc32)cc1. The quantitative estimate of drug-likeness (QED) is 0.0855. The van der Waals surface area contributed by atoms with E-state index in [4.69, 9.17) is 9.47 Å². The average molecular weight is 757 g/mol. The van der Waals surface area contributed by atoms with E-state index < -0.39 is 5.41 Å². The van der Waals surface area contributed by atoms with E-state index in [1.807, 2.05) is 60.7 Å². The molecule has 0 heterocycles. The standard InChI is InChI=1S/C51H52N2O4/c1-3-5-7-17-35-56-47-25-15-11-21-43(47)49(54)52-39-31-27-37(28-32-39)51(45-23-13-9-19-41(45)42-20-10-14-24-46(42)51)38-29-33-40(34-30-38)53-50(55)44-22-12-16-26-48(44)57-36-18-8-6-4-2/h9-16,19-34H,3-8,17-18,35-36H2,1-2H3,(H,52,54)(H,53,55). The fourth-order valence-corrected chi connectivity index (χ4v) is 8.01. The zero-order chi connectivity index (χ0) is 39.5. The smallest absolute Gasteiger partial charge is 0.259 e. The molecule has 0 spiro atoms. The minimum atomic E-state index is -0.644. The van der Waals surface area contributed by atoms with E-state index in [2.05, 4.69) is 97.3 Å². The number of benzene rings is 6. The summed E-state index contributed by atoms with van der Waals surface area (Å²) in [5.41, 5.74) is 8.61. The van der Waals surface area contributed by atoms with Gasteiger partial charge in [-0.25, -0.2) is 0 Å². The number of hydrogen-bond acceptors (Lipinski definition) is 4. The molecule has 7 rings (SSSR count). The predicted molar refractivity (Wildman–Crippen MR) is 232 cm³/mol. The number of hydrogen-bond donors (Lipinski definition) is 2. The molecule has 6 aromatic rings. The second kappa shape index (κ2) is 18.7. The average Bonchev–Trinajstić information content (AvgIpc) is 3.55. The summed E-state index contributed by atoms with van der Waals surface area (Å²) in [5.74, 6) is 0.765. The first-order valence-corrected chi connectivity index (χ1v) is 20.5. The van der Waals surface area contributed by atoms with Crippen LogP contribution < -0.4 is 20.1 Å². The van der Waals surface area contributed by atoms with Gasteiger partial charge in [0.05, 0.1) is 29.8 Å². The van der Waals surface area contributed by atoms with Gasteiger partial charge in [-0.3, -0.25) is 9.59 Å². The van der Waals surface area contributed by atoms with Crippen LogP contribution in [-0.2, 0) is 5.41 Å². The van der Waals surface area contributed by atoms with Crippen LogP contribution in [0.1, 0.15) is 108 Å². The summed E-state index contributed by atoms with van der Waals surface area (Å²) < 4.78 is 12.1. The van der Waals surface area contributed by atoms with Crippen molar-refractivity contribution in [3.05, 3.63) is 179 Å². The molecule has 2 N–H and O–H groups in total. The van der Waals surface area contributed by atoms with Crippen molar-refractivity contribution in [3.63, 3.8) is 0 Å². The number of anilines is 2. The normalized spacial score (nSPS) is 12.3. The molecule has 1 aliphatic carbocycles. The number of para-hydroxylation sites is 2. The number of amides is 2. The Balaban J connectivity index is 1.16. The molecular formula is C51H52N2O4. The summed E-state index contributed by atoms with van der Waals surface area (Å²) in [6, 6.07) is 48.3. The van der Waals surface area contributed by atoms with Gasteiger partial charge in [0.25, 0.3) is 11.8 Å². The fraction of sp³-hybridized carbons (Fsp3) is 0.255. The molecule has 0 unspecified atom stereocenters. The third-order valence-electron chi connectivity index (χ3n) is 10.9. The van der Waals surface area contributed by atoms with Crippen LogP contribution in [0.3, 0.4) is 0 Å². The Hall–Kier alpha value is -6.14. The predicted octanol–water partition coefficient (Wildman–Crippen LogP) is 12.5. The van der Waals surface area contributed by atoms with E-state index in [9.17, 15) is 9.59 Å². The minimum absolute atomic E-state index is 0.211. The van der Waals surface area contributed by atoms with Gasteiger partial charge >= 0.3 is 0 Å². The molecule has 0 atom stereocenters. The molecular weight excluding hydrogens is 705 g/mol. The Morgan fingerprint density at radius 2 is 0.842 bits per heavy atom. The van der Waals surface area contributed by atoms with E-state index in [1.54, 1.807) is 12.1 Å². The fourth-order valence-electron chi connectivity index (χ4n) is 8.01. The maximum absolute atomic E-state index is 13.6. The second-order valence-electron chi connectivity index (χ2n) is 14.7. The van der Waals surface area contributed by atoms with Gasteiger partial charge in [-0.1, -0.05) is 149 Å². The summed E-state index contributed by atoms with van der Waals surface area (Å²) in [5, 5.41) is 6.22. The molecule has 0 aromatic heterocycles. The van der Waals surface area contributed by atoms with E-state index in [0.29, 0.717) is 47.2 Å². The van der Waals surface area contributed by atoms with Crippen LogP contribution in [0.25, 0.3) is 11.1 Å². The molecule has 1 aliphatic rings. The van der Waals surface area contributed by atoms with Gasteiger partial charge in [0.2, 0.25) is 0 Å². The van der Waals surface area contributed by atoms with E-state index in [1.165, 1.54) is 35.1 Å². The Morgan fingerprint density at radius 3 is 1.26 bits per heavy atom. The molecule has 2 amide bonds. The third-order valence-corrected chi connectivity index (χ3v) is 10.9. The lowest BCUT2D eigenvalue weighted by molar-refractivity contribution is 0.101. The summed E-state index contributed by atoms with van der Waals surface area (Å²) in [6.45, 7) is 5.54. The highest BCUT2D eigenvalue weighted by molar-refractivity contribution is 6.07. The van der Waals surface area contributed by atoms with Crippen LogP contribution in [0.4, 0.5) is 11.4 Å². The zero-order valence-electron chi connectivity index (χ0n) is 33.1. The van der Waals surface area contributed by atoms with Gasteiger partial charge in [-0.2, -0.15) is 0 Å². The molecule has 6 heteroatoms. The molecule has 0 radical (unpaired) electrons. The molecule has 0 aliphatic heterocycles. The molecule has 6 nitrogen and oxygen atoms in total. The van der Waals surface area contributed by atoms with Crippen molar-refractivity contribution < 1.29 is 19.1 Å². The monoisotopic (exact) mass is 756 g/mol. The number of rotatable bonds is 18. The molecule has 0 bridgehead atoms. The van der Waals surface area contributed by atoms with Crippen LogP contribution in [0.15, 0.2) is 146 Å². The lowest BCUT2D eigenvalue weighted by Crippen LogP contribution is -2.28. The first kappa shape index (κ1) is 39.1. The highest BCUT2D eigenvalue weighted by Crippen LogP contribution is 2.56. The van der Waals surface area contributed by atoms with Crippen molar-refractivity contribution in [3.8, 4) is 22.6 Å². The van der Waals surface area contributed by atoms with Crippen molar-refractivity contribution >= 4 is 23.2 Å². The summed E-state index contributed by atoms with van der Waals surface area (Å²) in [7, 11) is 0. The highest BCUT2D eigenvalue weighted by Gasteiger charge is 2.45. The number of carbonyl (C=O) groups is 2. The van der Waals surface area contributed by atoms with Gasteiger partial charge in [0, 0.05) is 11.4 Å². The maximum Gasteiger partial charge on any atom is 0.259 e. The number of unbranched alkanes of at least 4 members (excludes halogenated alkanes) is 6. The number of carbonyl (C=O) groups excluding carboxylic acids is 2. The van der Waals surface area contributed by atoms with Crippen molar-refractivity contribution in [1.82, 2.24) is 0 Å². The van der Waals surface area contributed by atoms with Gasteiger partial charge in [-0.05, 0) is 94.8 Å². The molecule has 6 aromatic carbocycles. The first-order chi connectivity index (χ1) is 28.0. The summed E-state index contributed by atoms with van der Waals surface area (Å²) in [4.78, 5) is 27.2. The number of nitrogens with one attached hydrogen (secondary N) is 2. The van der Waals surface area contributed by atoms with Crippen LogP contribution in [0.2, 0.25) is 0 Å². The molecule has 0 saturated carbocycles. The Kier molecular flexibility index (Phi) is 12.8. The van der Waals surface area contributed by atoms with Crippen LogP contribution in [0.5, 0.6) is 11.5 Å². The first-order valence-electron chi connectivity index (χ1n) is 20.5. The largest absolute Gasteiger partial charge is 0.493 e. The number of ether oxygens (including phenoxy) is 2. The zero-order valence-corrected chi connectivity index (χ0v) is 33.1. The minimum Gasteiger partial charge on any atom is -0.493 e. The number of fused-ring (bicyclic) bond motifs is 3. The Morgan fingerprint density at radius 1 is 0.456 bits per heavy atom.